The van der Waals surface area contributed by atoms with Gasteiger partial charge in [0.25, 0.3) is 0 Å². The molecular formula is C22H23ClN4O2S. The number of amides is 1. The zero-order valence-corrected chi connectivity index (χ0v) is 18.2. The number of rotatable bonds is 7. The maximum Gasteiger partial charge on any atom is 0.233 e. The Bertz CT molecular complexity index is 1010. The summed E-state index contributed by atoms with van der Waals surface area (Å²) in [7, 11) is 1.89. The standard InChI is InChI=1S/C22H23ClN4O2S/c1-27(19-8-4-6-15-5-2-3-7-18(15)19)21(28)14-30-22-24-20(25-26-22)13-29-17-11-9-16(23)10-12-17/h2-3,5,7,9-12,19H,4,6,8,13-14H2,1H3,(H,24,25,26). The van der Waals surface area contributed by atoms with Gasteiger partial charge in [-0.15, -0.1) is 5.10 Å². The van der Waals surface area contributed by atoms with E-state index in [-0.39, 0.29) is 18.6 Å². The molecule has 0 fully saturated rings. The number of nitrogens with zero attached hydrogens (tertiary/aromatic N) is 3. The molecule has 1 atom stereocenters. The molecule has 1 aliphatic rings. The summed E-state index contributed by atoms with van der Waals surface area (Å²) in [6.45, 7) is 0.266. The van der Waals surface area contributed by atoms with Gasteiger partial charge in [0.15, 0.2) is 5.82 Å². The quantitative estimate of drug-likeness (QED) is 0.538. The molecule has 6 nitrogen and oxygen atoms in total. The normalized spacial score (nSPS) is 15.5. The maximum absolute atomic E-state index is 12.8. The molecule has 4 rings (SSSR count). The number of nitrogens with one attached hydrogen (secondary N) is 1. The fraction of sp³-hybridized carbons (Fsp3) is 0.318. The summed E-state index contributed by atoms with van der Waals surface area (Å²) in [6.07, 6.45) is 3.18. The Kier molecular flexibility index (Phi) is 6.59. The first-order chi connectivity index (χ1) is 14.6. The van der Waals surface area contributed by atoms with Crippen LogP contribution in [0.25, 0.3) is 0 Å². The molecule has 2 aromatic carbocycles. The van der Waals surface area contributed by atoms with Crippen LogP contribution < -0.4 is 4.74 Å². The molecule has 1 heterocycles. The minimum atomic E-state index is 0.0745. The number of aryl methyl sites for hydroxylation is 1. The van der Waals surface area contributed by atoms with Gasteiger partial charge in [-0.3, -0.25) is 9.89 Å². The molecule has 0 saturated heterocycles. The zero-order chi connectivity index (χ0) is 20.9. The smallest absolute Gasteiger partial charge is 0.233 e. The van der Waals surface area contributed by atoms with Crippen molar-refractivity contribution in [2.75, 3.05) is 12.8 Å². The van der Waals surface area contributed by atoms with Crippen LogP contribution in [-0.2, 0) is 17.8 Å². The van der Waals surface area contributed by atoms with E-state index in [1.807, 2.05) is 18.0 Å². The number of ether oxygens (including phenoxy) is 1. The van der Waals surface area contributed by atoms with Gasteiger partial charge in [0.2, 0.25) is 11.1 Å². The van der Waals surface area contributed by atoms with Crippen molar-refractivity contribution in [3.63, 3.8) is 0 Å². The van der Waals surface area contributed by atoms with E-state index in [0.717, 1.165) is 19.3 Å². The molecule has 1 amide bonds. The van der Waals surface area contributed by atoms with Crippen LogP contribution in [0.4, 0.5) is 0 Å². The number of aromatic nitrogens is 3. The molecule has 156 valence electrons. The minimum absolute atomic E-state index is 0.0745. The van der Waals surface area contributed by atoms with Crippen LogP contribution in [-0.4, -0.2) is 38.8 Å². The predicted molar refractivity (Wildman–Crippen MR) is 118 cm³/mol. The number of hydrogen-bond acceptors (Lipinski definition) is 5. The first kappa shape index (κ1) is 20.8. The van der Waals surface area contributed by atoms with E-state index < -0.39 is 0 Å². The van der Waals surface area contributed by atoms with Gasteiger partial charge in [-0.25, -0.2) is 4.98 Å². The van der Waals surface area contributed by atoms with Crippen LogP contribution in [0.3, 0.4) is 0 Å². The first-order valence-corrected chi connectivity index (χ1v) is 11.2. The van der Waals surface area contributed by atoms with Gasteiger partial charge in [-0.2, -0.15) is 0 Å². The molecule has 0 saturated carbocycles. The summed E-state index contributed by atoms with van der Waals surface area (Å²) in [6, 6.07) is 15.7. The third kappa shape index (κ3) is 4.96. The summed E-state index contributed by atoms with van der Waals surface area (Å²) in [4.78, 5) is 19.0. The lowest BCUT2D eigenvalue weighted by molar-refractivity contribution is -0.129. The number of thioether (sulfide) groups is 1. The number of carbonyl (C=O) groups is 1. The van der Waals surface area contributed by atoms with Crippen molar-refractivity contribution in [2.24, 2.45) is 0 Å². The largest absolute Gasteiger partial charge is 0.486 e. The molecule has 0 aliphatic heterocycles. The Morgan fingerprint density at radius 3 is 2.90 bits per heavy atom. The number of benzene rings is 2. The molecule has 0 bridgehead atoms. The number of H-pyrrole nitrogens is 1. The third-order valence-electron chi connectivity index (χ3n) is 5.22. The van der Waals surface area contributed by atoms with E-state index in [9.17, 15) is 4.79 Å². The van der Waals surface area contributed by atoms with Crippen molar-refractivity contribution in [2.45, 2.75) is 37.1 Å². The molecule has 1 aromatic heterocycles. The molecule has 8 heteroatoms. The van der Waals surface area contributed by atoms with Crippen molar-refractivity contribution in [3.05, 3.63) is 70.5 Å². The van der Waals surface area contributed by atoms with Gasteiger partial charge in [0.1, 0.15) is 12.4 Å². The van der Waals surface area contributed by atoms with Gasteiger partial charge in [0, 0.05) is 12.1 Å². The highest BCUT2D eigenvalue weighted by atomic mass is 35.5. The molecule has 0 spiro atoms. The highest BCUT2D eigenvalue weighted by molar-refractivity contribution is 7.99. The van der Waals surface area contributed by atoms with E-state index in [2.05, 4.69) is 33.4 Å². The van der Waals surface area contributed by atoms with Crippen molar-refractivity contribution >= 4 is 29.3 Å². The monoisotopic (exact) mass is 442 g/mol. The Hall–Kier alpha value is -2.51. The van der Waals surface area contributed by atoms with E-state index >= 15 is 0 Å². The van der Waals surface area contributed by atoms with Crippen molar-refractivity contribution in [1.82, 2.24) is 20.1 Å². The number of hydrogen-bond donors (Lipinski definition) is 1. The Balaban J connectivity index is 1.30. The SMILES string of the molecule is CN(C(=O)CSc1n[nH]c(COc2ccc(Cl)cc2)n1)C1CCCc2ccccc21. The van der Waals surface area contributed by atoms with Crippen molar-refractivity contribution in [1.29, 1.82) is 0 Å². The fourth-order valence-electron chi connectivity index (χ4n) is 3.62. The van der Waals surface area contributed by atoms with Crippen LogP contribution in [0.2, 0.25) is 5.02 Å². The summed E-state index contributed by atoms with van der Waals surface area (Å²) in [5.41, 5.74) is 2.62. The van der Waals surface area contributed by atoms with Crippen LogP contribution in [0.15, 0.2) is 53.7 Å². The molecular weight excluding hydrogens is 420 g/mol. The fourth-order valence-corrected chi connectivity index (χ4v) is 4.49. The van der Waals surface area contributed by atoms with E-state index in [1.165, 1.54) is 22.9 Å². The van der Waals surface area contributed by atoms with Crippen molar-refractivity contribution < 1.29 is 9.53 Å². The maximum atomic E-state index is 12.8. The Morgan fingerprint density at radius 2 is 2.07 bits per heavy atom. The lowest BCUT2D eigenvalue weighted by atomic mass is 9.87. The van der Waals surface area contributed by atoms with Crippen LogP contribution in [0.1, 0.15) is 35.8 Å². The molecule has 3 aromatic rings. The molecule has 1 unspecified atom stereocenters. The molecule has 0 radical (unpaired) electrons. The lowest BCUT2D eigenvalue weighted by Gasteiger charge is -2.33. The highest BCUT2D eigenvalue weighted by Crippen LogP contribution is 2.33. The van der Waals surface area contributed by atoms with Gasteiger partial charge < -0.3 is 9.64 Å². The summed E-state index contributed by atoms with van der Waals surface area (Å²) in [5, 5.41) is 8.23. The van der Waals surface area contributed by atoms with Gasteiger partial charge >= 0.3 is 0 Å². The molecule has 1 N–H and O–H groups in total. The van der Waals surface area contributed by atoms with Gasteiger partial charge in [-0.1, -0.05) is 47.6 Å². The van der Waals surface area contributed by atoms with E-state index in [4.69, 9.17) is 16.3 Å². The van der Waals surface area contributed by atoms with Crippen molar-refractivity contribution in [3.8, 4) is 5.75 Å². The average molecular weight is 443 g/mol. The van der Waals surface area contributed by atoms with E-state index in [0.29, 0.717) is 27.5 Å². The number of aromatic amines is 1. The molecule has 30 heavy (non-hydrogen) atoms. The zero-order valence-electron chi connectivity index (χ0n) is 16.7. The summed E-state index contributed by atoms with van der Waals surface area (Å²) >= 11 is 7.20. The average Bonchev–Trinajstić information content (AvgIpc) is 3.24. The predicted octanol–water partition coefficient (Wildman–Crippen LogP) is 4.67. The van der Waals surface area contributed by atoms with E-state index in [1.54, 1.807) is 24.3 Å². The second-order valence-corrected chi connectivity index (χ2v) is 8.59. The highest BCUT2D eigenvalue weighted by Gasteiger charge is 2.26. The van der Waals surface area contributed by atoms with Crippen LogP contribution in [0.5, 0.6) is 5.75 Å². The Labute approximate surface area is 185 Å². The number of carbonyl (C=O) groups excluding carboxylic acids is 1. The molecule has 1 aliphatic carbocycles. The summed E-state index contributed by atoms with van der Waals surface area (Å²) in [5.74, 6) is 1.68. The minimum Gasteiger partial charge on any atom is -0.486 e. The number of fused-ring (bicyclic) bond motifs is 1. The first-order valence-electron chi connectivity index (χ1n) is 9.86. The topological polar surface area (TPSA) is 71.1 Å². The van der Waals surface area contributed by atoms with Gasteiger partial charge in [-0.05, 0) is 54.7 Å². The second kappa shape index (κ2) is 9.53. The summed E-state index contributed by atoms with van der Waals surface area (Å²) < 4.78 is 5.66. The Morgan fingerprint density at radius 1 is 1.27 bits per heavy atom. The third-order valence-corrected chi connectivity index (χ3v) is 6.31. The van der Waals surface area contributed by atoms with Crippen LogP contribution >= 0.6 is 23.4 Å². The second-order valence-electron chi connectivity index (χ2n) is 7.21. The van der Waals surface area contributed by atoms with Crippen LogP contribution in [0, 0.1) is 0 Å². The number of halogens is 1. The lowest BCUT2D eigenvalue weighted by Crippen LogP contribution is -2.34. The van der Waals surface area contributed by atoms with Gasteiger partial charge in [0.05, 0.1) is 11.8 Å².